The molecule has 0 aliphatic carbocycles. The van der Waals surface area contributed by atoms with Gasteiger partial charge < -0.3 is 4.74 Å². The van der Waals surface area contributed by atoms with Crippen LogP contribution in [-0.4, -0.2) is 18.7 Å². The summed E-state index contributed by atoms with van der Waals surface area (Å²) in [4.78, 5) is 12.0. The van der Waals surface area contributed by atoms with Crippen LogP contribution in [0.25, 0.3) is 0 Å². The Bertz CT molecular complexity index is 676. The lowest BCUT2D eigenvalue weighted by Crippen LogP contribution is -2.17. The molecule has 1 amide bonds. The second-order valence-electron chi connectivity index (χ2n) is 5.00. The molecule has 0 aliphatic heterocycles. The number of hydrogen-bond acceptors (Lipinski definition) is 3. The molecule has 0 saturated carbocycles. The zero-order chi connectivity index (χ0) is 15.9. The molecular formula is C18H20N2O2. The number of carbonyl (C=O) groups excluding carboxylic acids is 1. The molecule has 1 N–H and O–H groups in total. The number of hydrazone groups is 1. The van der Waals surface area contributed by atoms with Crippen molar-refractivity contribution in [1.29, 1.82) is 0 Å². The van der Waals surface area contributed by atoms with E-state index in [2.05, 4.69) is 10.5 Å². The molecule has 0 saturated heterocycles. The first-order valence-corrected chi connectivity index (χ1v) is 7.23. The Labute approximate surface area is 130 Å². The van der Waals surface area contributed by atoms with Crippen molar-refractivity contribution in [3.8, 4) is 5.75 Å². The van der Waals surface area contributed by atoms with Crippen LogP contribution in [0.3, 0.4) is 0 Å². The number of rotatable bonds is 5. The number of aryl methyl sites for hydroxylation is 2. The molecule has 0 unspecified atom stereocenters. The van der Waals surface area contributed by atoms with Gasteiger partial charge in [0.15, 0.2) is 0 Å². The van der Waals surface area contributed by atoms with Gasteiger partial charge in [-0.3, -0.25) is 4.79 Å². The van der Waals surface area contributed by atoms with E-state index in [4.69, 9.17) is 4.74 Å². The second-order valence-corrected chi connectivity index (χ2v) is 5.00. The van der Waals surface area contributed by atoms with Crippen LogP contribution in [0.4, 0.5) is 0 Å². The fourth-order valence-electron chi connectivity index (χ4n) is 1.93. The Kier molecular flexibility index (Phi) is 5.31. The van der Waals surface area contributed by atoms with E-state index in [0.717, 1.165) is 22.4 Å². The van der Waals surface area contributed by atoms with Gasteiger partial charge in [-0.1, -0.05) is 6.07 Å². The number of hydrogen-bond donors (Lipinski definition) is 1. The minimum absolute atomic E-state index is 0.217. The molecule has 2 aromatic carbocycles. The summed E-state index contributed by atoms with van der Waals surface area (Å²) < 4.78 is 5.37. The van der Waals surface area contributed by atoms with Crippen molar-refractivity contribution in [3.05, 3.63) is 64.7 Å². The normalized spacial score (nSPS) is 10.7. The van der Waals surface area contributed by atoms with Crippen molar-refractivity contribution in [3.63, 3.8) is 0 Å². The molecule has 22 heavy (non-hydrogen) atoms. The van der Waals surface area contributed by atoms with Crippen molar-refractivity contribution >= 4 is 12.1 Å². The Hall–Kier alpha value is -2.62. The van der Waals surface area contributed by atoms with E-state index < -0.39 is 0 Å². The average Bonchev–Trinajstić information content (AvgIpc) is 2.52. The lowest BCUT2D eigenvalue weighted by Gasteiger charge is -2.04. The topological polar surface area (TPSA) is 50.7 Å². The zero-order valence-electron chi connectivity index (χ0n) is 13.1. The minimum atomic E-state index is -0.217. The Balaban J connectivity index is 1.96. The molecular weight excluding hydrogens is 276 g/mol. The number of nitrogens with one attached hydrogen (secondary N) is 1. The molecule has 0 bridgehead atoms. The average molecular weight is 296 g/mol. The third kappa shape index (κ3) is 4.19. The molecule has 0 aromatic heterocycles. The molecule has 0 heterocycles. The first-order chi connectivity index (χ1) is 10.6. The standard InChI is InChI=1S/C18H20N2O2/c1-4-22-17-9-6-15(7-10-17)12-19-20-18(21)16-8-5-13(2)14(3)11-16/h5-12H,4H2,1-3H3,(H,20,21)/b19-12+. The van der Waals surface area contributed by atoms with Crippen molar-refractivity contribution in [1.82, 2.24) is 5.43 Å². The molecule has 0 fully saturated rings. The van der Waals surface area contributed by atoms with Gasteiger partial charge in [-0.05, 0) is 73.9 Å². The number of benzene rings is 2. The van der Waals surface area contributed by atoms with Crippen LogP contribution in [-0.2, 0) is 0 Å². The van der Waals surface area contributed by atoms with Gasteiger partial charge >= 0.3 is 0 Å². The van der Waals surface area contributed by atoms with Gasteiger partial charge in [-0.2, -0.15) is 5.10 Å². The van der Waals surface area contributed by atoms with E-state index in [1.807, 2.05) is 57.2 Å². The largest absolute Gasteiger partial charge is 0.494 e. The highest BCUT2D eigenvalue weighted by Gasteiger charge is 2.04. The minimum Gasteiger partial charge on any atom is -0.494 e. The van der Waals surface area contributed by atoms with Gasteiger partial charge in [-0.15, -0.1) is 0 Å². The van der Waals surface area contributed by atoms with Crippen molar-refractivity contribution in [2.75, 3.05) is 6.61 Å². The lowest BCUT2D eigenvalue weighted by atomic mass is 10.1. The van der Waals surface area contributed by atoms with Gasteiger partial charge in [0, 0.05) is 5.56 Å². The third-order valence-corrected chi connectivity index (χ3v) is 3.34. The molecule has 4 heteroatoms. The van der Waals surface area contributed by atoms with Crippen LogP contribution in [0, 0.1) is 13.8 Å². The molecule has 114 valence electrons. The maximum Gasteiger partial charge on any atom is 0.271 e. The van der Waals surface area contributed by atoms with Crippen LogP contribution in [0.2, 0.25) is 0 Å². The highest BCUT2D eigenvalue weighted by Crippen LogP contribution is 2.11. The number of amides is 1. The van der Waals surface area contributed by atoms with Crippen LogP contribution in [0.1, 0.15) is 34.0 Å². The molecule has 0 atom stereocenters. The number of nitrogens with zero attached hydrogens (tertiary/aromatic N) is 1. The summed E-state index contributed by atoms with van der Waals surface area (Å²) in [5.74, 6) is 0.601. The number of ether oxygens (including phenoxy) is 1. The monoisotopic (exact) mass is 296 g/mol. The van der Waals surface area contributed by atoms with Crippen molar-refractivity contribution < 1.29 is 9.53 Å². The summed E-state index contributed by atoms with van der Waals surface area (Å²) in [6.07, 6.45) is 1.61. The SMILES string of the molecule is CCOc1ccc(/C=N/NC(=O)c2ccc(C)c(C)c2)cc1. The van der Waals surface area contributed by atoms with Crippen LogP contribution in [0.15, 0.2) is 47.6 Å². The lowest BCUT2D eigenvalue weighted by molar-refractivity contribution is 0.0955. The predicted octanol–water partition coefficient (Wildman–Crippen LogP) is 3.47. The Morgan fingerprint density at radius 2 is 1.86 bits per heavy atom. The Morgan fingerprint density at radius 1 is 1.14 bits per heavy atom. The molecule has 0 radical (unpaired) electrons. The van der Waals surface area contributed by atoms with Gasteiger partial charge in [0.2, 0.25) is 0 Å². The number of carbonyl (C=O) groups is 1. The fourth-order valence-corrected chi connectivity index (χ4v) is 1.93. The Morgan fingerprint density at radius 3 is 2.50 bits per heavy atom. The summed E-state index contributed by atoms with van der Waals surface area (Å²) >= 11 is 0. The van der Waals surface area contributed by atoms with Crippen molar-refractivity contribution in [2.45, 2.75) is 20.8 Å². The first-order valence-electron chi connectivity index (χ1n) is 7.23. The fraction of sp³-hybridized carbons (Fsp3) is 0.222. The quantitative estimate of drug-likeness (QED) is 0.678. The summed E-state index contributed by atoms with van der Waals surface area (Å²) in [7, 11) is 0. The van der Waals surface area contributed by atoms with Crippen molar-refractivity contribution in [2.24, 2.45) is 5.10 Å². The highest BCUT2D eigenvalue weighted by atomic mass is 16.5. The van der Waals surface area contributed by atoms with Crippen LogP contribution >= 0.6 is 0 Å². The highest BCUT2D eigenvalue weighted by molar-refractivity contribution is 5.95. The third-order valence-electron chi connectivity index (χ3n) is 3.34. The van der Waals surface area contributed by atoms with E-state index in [1.165, 1.54) is 0 Å². The maximum absolute atomic E-state index is 12.0. The molecule has 2 aromatic rings. The van der Waals surface area contributed by atoms with Gasteiger partial charge in [-0.25, -0.2) is 5.43 Å². The van der Waals surface area contributed by atoms with Crippen LogP contribution < -0.4 is 10.2 Å². The van der Waals surface area contributed by atoms with Crippen LogP contribution in [0.5, 0.6) is 5.75 Å². The second kappa shape index (κ2) is 7.41. The predicted molar refractivity (Wildman–Crippen MR) is 88.6 cm³/mol. The smallest absolute Gasteiger partial charge is 0.271 e. The van der Waals surface area contributed by atoms with Gasteiger partial charge in [0.25, 0.3) is 5.91 Å². The summed E-state index contributed by atoms with van der Waals surface area (Å²) in [6, 6.07) is 13.1. The van der Waals surface area contributed by atoms with E-state index >= 15 is 0 Å². The molecule has 4 nitrogen and oxygen atoms in total. The van der Waals surface area contributed by atoms with Gasteiger partial charge in [0.1, 0.15) is 5.75 Å². The maximum atomic E-state index is 12.0. The molecule has 0 spiro atoms. The summed E-state index contributed by atoms with van der Waals surface area (Å²) in [5, 5.41) is 3.98. The zero-order valence-corrected chi connectivity index (χ0v) is 13.1. The summed E-state index contributed by atoms with van der Waals surface area (Å²) in [6.45, 7) is 6.58. The molecule has 2 rings (SSSR count). The van der Waals surface area contributed by atoms with Gasteiger partial charge in [0.05, 0.1) is 12.8 Å². The van der Waals surface area contributed by atoms with E-state index in [9.17, 15) is 4.79 Å². The molecule has 0 aliphatic rings. The summed E-state index contributed by atoms with van der Waals surface area (Å²) in [5.41, 5.74) is 6.28. The first kappa shape index (κ1) is 15.8. The van der Waals surface area contributed by atoms with E-state index in [1.54, 1.807) is 12.3 Å². The van der Waals surface area contributed by atoms with E-state index in [-0.39, 0.29) is 5.91 Å². The van der Waals surface area contributed by atoms with E-state index in [0.29, 0.717) is 12.2 Å².